The van der Waals surface area contributed by atoms with Gasteiger partial charge in [-0.3, -0.25) is 9.59 Å². The third-order valence-corrected chi connectivity index (χ3v) is 7.07. The fourth-order valence-electron chi connectivity index (χ4n) is 5.11. The highest BCUT2D eigenvalue weighted by molar-refractivity contribution is 5.97. The molecule has 0 radical (unpaired) electrons. The minimum atomic E-state index is 0.0711. The van der Waals surface area contributed by atoms with Gasteiger partial charge in [0.15, 0.2) is 0 Å². The van der Waals surface area contributed by atoms with Crippen molar-refractivity contribution in [2.75, 3.05) is 39.3 Å². The molecule has 2 aliphatic rings. The lowest BCUT2D eigenvalue weighted by Gasteiger charge is -2.27. The van der Waals surface area contributed by atoms with E-state index in [1.54, 1.807) is 0 Å². The largest absolute Gasteiger partial charge is 0.339 e. The quantitative estimate of drug-likeness (QED) is 0.663. The van der Waals surface area contributed by atoms with Crippen LogP contribution in [0.15, 0.2) is 54.1 Å². The molecule has 2 aromatic rings. The molecule has 5 nitrogen and oxygen atoms in total. The van der Waals surface area contributed by atoms with Crippen molar-refractivity contribution >= 4 is 17.4 Å². The molecule has 34 heavy (non-hydrogen) atoms. The molecule has 0 spiro atoms. The van der Waals surface area contributed by atoms with Gasteiger partial charge >= 0.3 is 0 Å². The number of piperidine rings is 2. The summed E-state index contributed by atoms with van der Waals surface area (Å²) in [6, 6.07) is 16.2. The number of carbonyl (C=O) groups excluding carboxylic acids is 2. The Morgan fingerprint density at radius 1 is 0.824 bits per heavy atom. The number of benzene rings is 2. The molecule has 0 aromatic heterocycles. The zero-order valence-corrected chi connectivity index (χ0v) is 20.6. The SMILES string of the molecule is CCN(CC)C(=O)c1ccc(C(=C2CCNCC2)c2cccc(C(=O)N3CCCCC3)c2)cc1. The van der Waals surface area contributed by atoms with E-state index >= 15 is 0 Å². The Kier molecular flexibility index (Phi) is 8.17. The van der Waals surface area contributed by atoms with Gasteiger partial charge in [-0.25, -0.2) is 0 Å². The van der Waals surface area contributed by atoms with Crippen LogP contribution in [-0.2, 0) is 0 Å². The first-order chi connectivity index (χ1) is 16.6. The van der Waals surface area contributed by atoms with Crippen LogP contribution in [0.25, 0.3) is 5.57 Å². The highest BCUT2D eigenvalue weighted by atomic mass is 16.2. The number of hydrogen-bond donors (Lipinski definition) is 1. The van der Waals surface area contributed by atoms with Gasteiger partial charge in [-0.2, -0.15) is 0 Å². The van der Waals surface area contributed by atoms with E-state index < -0.39 is 0 Å². The molecule has 4 rings (SSSR count). The van der Waals surface area contributed by atoms with Gasteiger partial charge in [0, 0.05) is 37.3 Å². The summed E-state index contributed by atoms with van der Waals surface area (Å²) in [6.07, 6.45) is 5.36. The van der Waals surface area contributed by atoms with E-state index in [2.05, 4.69) is 29.6 Å². The summed E-state index contributed by atoms with van der Waals surface area (Å²) in [6.45, 7) is 9.05. The van der Waals surface area contributed by atoms with Crippen molar-refractivity contribution in [3.63, 3.8) is 0 Å². The summed E-state index contributed by atoms with van der Waals surface area (Å²) < 4.78 is 0. The van der Waals surface area contributed by atoms with Crippen LogP contribution in [0.5, 0.6) is 0 Å². The zero-order valence-electron chi connectivity index (χ0n) is 20.6. The second-order valence-electron chi connectivity index (χ2n) is 9.22. The van der Waals surface area contributed by atoms with E-state index in [4.69, 9.17) is 0 Å². The number of rotatable bonds is 6. The van der Waals surface area contributed by atoms with E-state index in [-0.39, 0.29) is 11.8 Å². The molecule has 0 atom stereocenters. The Balaban J connectivity index is 1.68. The first-order valence-electron chi connectivity index (χ1n) is 12.8. The van der Waals surface area contributed by atoms with Crippen molar-refractivity contribution in [1.82, 2.24) is 15.1 Å². The van der Waals surface area contributed by atoms with Gasteiger partial charge < -0.3 is 15.1 Å². The second kappa shape index (κ2) is 11.5. The molecule has 2 saturated heterocycles. The molecule has 0 aliphatic carbocycles. The Labute approximate surface area is 203 Å². The Bertz CT molecular complexity index is 1020. The fourth-order valence-corrected chi connectivity index (χ4v) is 5.11. The maximum absolute atomic E-state index is 13.2. The molecule has 2 fully saturated rings. The van der Waals surface area contributed by atoms with Crippen LogP contribution >= 0.6 is 0 Å². The third kappa shape index (κ3) is 5.41. The average Bonchev–Trinajstić information content (AvgIpc) is 2.91. The summed E-state index contributed by atoms with van der Waals surface area (Å²) in [7, 11) is 0. The predicted octanol–water partition coefficient (Wildman–Crippen LogP) is 4.98. The highest BCUT2D eigenvalue weighted by Gasteiger charge is 2.21. The van der Waals surface area contributed by atoms with Crippen LogP contribution in [-0.4, -0.2) is 60.9 Å². The van der Waals surface area contributed by atoms with E-state index in [0.29, 0.717) is 13.1 Å². The maximum Gasteiger partial charge on any atom is 0.253 e. The Morgan fingerprint density at radius 3 is 2.09 bits per heavy atom. The first kappa shape index (κ1) is 24.2. The van der Waals surface area contributed by atoms with Gasteiger partial charge in [-0.1, -0.05) is 29.8 Å². The number of nitrogens with one attached hydrogen (secondary N) is 1. The zero-order chi connectivity index (χ0) is 23.9. The summed E-state index contributed by atoms with van der Waals surface area (Å²) >= 11 is 0. The lowest BCUT2D eigenvalue weighted by Crippen LogP contribution is -2.35. The second-order valence-corrected chi connectivity index (χ2v) is 9.22. The molecule has 2 heterocycles. The lowest BCUT2D eigenvalue weighted by atomic mass is 9.87. The van der Waals surface area contributed by atoms with Gasteiger partial charge in [0.25, 0.3) is 11.8 Å². The molecular formula is C29H37N3O2. The minimum absolute atomic E-state index is 0.0711. The number of hydrogen-bond acceptors (Lipinski definition) is 3. The van der Waals surface area contributed by atoms with Crippen LogP contribution in [0, 0.1) is 0 Å². The van der Waals surface area contributed by atoms with Gasteiger partial charge in [-0.05, 0) is 100 Å². The summed E-state index contributed by atoms with van der Waals surface area (Å²) in [4.78, 5) is 29.8. The van der Waals surface area contributed by atoms with Crippen LogP contribution in [0.4, 0.5) is 0 Å². The van der Waals surface area contributed by atoms with Gasteiger partial charge in [0.2, 0.25) is 0 Å². The maximum atomic E-state index is 13.2. The van der Waals surface area contributed by atoms with Crippen molar-refractivity contribution in [1.29, 1.82) is 0 Å². The highest BCUT2D eigenvalue weighted by Crippen LogP contribution is 2.32. The van der Waals surface area contributed by atoms with Gasteiger partial charge in [0.05, 0.1) is 0 Å². The van der Waals surface area contributed by atoms with Gasteiger partial charge in [-0.15, -0.1) is 0 Å². The molecule has 2 aliphatic heterocycles. The molecule has 5 heteroatoms. The van der Waals surface area contributed by atoms with Crippen molar-refractivity contribution < 1.29 is 9.59 Å². The van der Waals surface area contributed by atoms with E-state index in [1.165, 1.54) is 17.6 Å². The van der Waals surface area contributed by atoms with Crippen molar-refractivity contribution in [3.8, 4) is 0 Å². The minimum Gasteiger partial charge on any atom is -0.339 e. The molecular weight excluding hydrogens is 422 g/mol. The summed E-state index contributed by atoms with van der Waals surface area (Å²) in [5.74, 6) is 0.207. The van der Waals surface area contributed by atoms with Crippen LogP contribution in [0.1, 0.15) is 77.8 Å². The number of likely N-dealkylation sites (tertiary alicyclic amines) is 1. The Morgan fingerprint density at radius 2 is 1.44 bits per heavy atom. The average molecular weight is 460 g/mol. The van der Waals surface area contributed by atoms with Crippen molar-refractivity contribution in [3.05, 3.63) is 76.4 Å². The third-order valence-electron chi connectivity index (χ3n) is 7.07. The number of carbonyl (C=O) groups is 2. The van der Waals surface area contributed by atoms with E-state index in [0.717, 1.165) is 74.1 Å². The standard InChI is InChI=1S/C29H37N3O2/c1-3-31(4-2)28(33)24-13-11-22(12-14-24)27(23-15-17-30-18-16-23)25-9-8-10-26(21-25)29(34)32-19-6-5-7-20-32/h8-14,21,30H,3-7,15-20H2,1-2H3. The normalized spacial score (nSPS) is 16.3. The van der Waals surface area contributed by atoms with Crippen LogP contribution < -0.4 is 5.32 Å². The molecule has 0 saturated carbocycles. The molecule has 0 bridgehead atoms. The van der Waals surface area contributed by atoms with E-state index in [1.807, 2.05) is 47.9 Å². The molecule has 2 amide bonds. The topological polar surface area (TPSA) is 52.7 Å². The van der Waals surface area contributed by atoms with Crippen LogP contribution in [0.2, 0.25) is 0 Å². The monoisotopic (exact) mass is 459 g/mol. The molecule has 0 unspecified atom stereocenters. The van der Waals surface area contributed by atoms with Crippen molar-refractivity contribution in [2.45, 2.75) is 46.0 Å². The lowest BCUT2D eigenvalue weighted by molar-refractivity contribution is 0.0723. The van der Waals surface area contributed by atoms with Crippen molar-refractivity contribution in [2.24, 2.45) is 0 Å². The first-order valence-corrected chi connectivity index (χ1v) is 12.8. The smallest absolute Gasteiger partial charge is 0.253 e. The van der Waals surface area contributed by atoms with Crippen LogP contribution in [0.3, 0.4) is 0 Å². The van der Waals surface area contributed by atoms with Gasteiger partial charge in [0.1, 0.15) is 0 Å². The summed E-state index contributed by atoms with van der Waals surface area (Å²) in [5, 5.41) is 3.45. The Hall–Kier alpha value is -2.92. The molecule has 2 aromatic carbocycles. The number of amides is 2. The van der Waals surface area contributed by atoms with E-state index in [9.17, 15) is 9.59 Å². The predicted molar refractivity (Wildman–Crippen MR) is 138 cm³/mol. The molecule has 1 N–H and O–H groups in total. The summed E-state index contributed by atoms with van der Waals surface area (Å²) in [5.41, 5.74) is 6.29. The number of nitrogens with zero attached hydrogens (tertiary/aromatic N) is 2. The molecule has 180 valence electrons. The fraction of sp³-hybridized carbons (Fsp3) is 0.448.